The minimum Gasteiger partial charge on any atom is -0.377 e. The molecule has 28 heavy (non-hydrogen) atoms. The number of rotatable bonds is 7. The first-order valence-corrected chi connectivity index (χ1v) is 10.5. The van der Waals surface area contributed by atoms with Crippen LogP contribution in [0, 0.1) is 5.92 Å². The van der Waals surface area contributed by atoms with Crippen molar-refractivity contribution in [2.24, 2.45) is 5.92 Å². The Morgan fingerprint density at radius 1 is 1.14 bits per heavy atom. The minimum absolute atomic E-state index is 0.00332. The van der Waals surface area contributed by atoms with Crippen molar-refractivity contribution in [1.29, 1.82) is 0 Å². The SMILES string of the molecule is CCNC(=O)N(Cc1cc(NC(=O)C(C)C)ccc1N(C)C)C1CCCCC1. The van der Waals surface area contributed by atoms with Crippen LogP contribution >= 0.6 is 0 Å². The highest BCUT2D eigenvalue weighted by Crippen LogP contribution is 2.29. The van der Waals surface area contributed by atoms with Gasteiger partial charge in [-0.1, -0.05) is 33.1 Å². The average molecular weight is 389 g/mol. The van der Waals surface area contributed by atoms with E-state index in [9.17, 15) is 9.59 Å². The Hall–Kier alpha value is -2.24. The maximum atomic E-state index is 12.8. The smallest absolute Gasteiger partial charge is 0.317 e. The molecule has 1 fully saturated rings. The lowest BCUT2D eigenvalue weighted by atomic mass is 9.94. The predicted molar refractivity (Wildman–Crippen MR) is 116 cm³/mol. The van der Waals surface area contributed by atoms with Gasteiger partial charge in [0.15, 0.2) is 0 Å². The molecule has 0 spiro atoms. The number of hydrogen-bond donors (Lipinski definition) is 2. The number of hydrogen-bond acceptors (Lipinski definition) is 3. The van der Waals surface area contributed by atoms with E-state index in [-0.39, 0.29) is 23.9 Å². The average Bonchev–Trinajstić information content (AvgIpc) is 2.66. The van der Waals surface area contributed by atoms with Crippen molar-refractivity contribution in [2.75, 3.05) is 30.9 Å². The van der Waals surface area contributed by atoms with Gasteiger partial charge in [-0.25, -0.2) is 4.79 Å². The van der Waals surface area contributed by atoms with Gasteiger partial charge in [-0.15, -0.1) is 0 Å². The van der Waals surface area contributed by atoms with Crippen LogP contribution in [0.4, 0.5) is 16.2 Å². The first-order chi connectivity index (χ1) is 13.3. The number of urea groups is 1. The Bertz CT molecular complexity index is 667. The van der Waals surface area contributed by atoms with Crippen molar-refractivity contribution < 1.29 is 9.59 Å². The predicted octanol–water partition coefficient (Wildman–Crippen LogP) is 4.21. The lowest BCUT2D eigenvalue weighted by Gasteiger charge is -2.35. The Morgan fingerprint density at radius 2 is 1.82 bits per heavy atom. The number of benzene rings is 1. The molecule has 0 saturated heterocycles. The second kappa shape index (κ2) is 10.3. The lowest BCUT2D eigenvalue weighted by molar-refractivity contribution is -0.118. The maximum Gasteiger partial charge on any atom is 0.317 e. The molecule has 0 atom stereocenters. The molecule has 6 heteroatoms. The highest BCUT2D eigenvalue weighted by atomic mass is 16.2. The standard InChI is InChI=1S/C22H36N4O2/c1-6-23-22(28)26(19-10-8-7-9-11-19)15-17-14-18(24-21(27)16(2)3)12-13-20(17)25(4)5/h12-14,16,19H,6-11,15H2,1-5H3,(H,23,28)(H,24,27). The van der Waals surface area contributed by atoms with Gasteiger partial charge < -0.3 is 20.4 Å². The van der Waals surface area contributed by atoms with Crippen molar-refractivity contribution in [2.45, 2.75) is 65.5 Å². The highest BCUT2D eigenvalue weighted by Gasteiger charge is 2.26. The van der Waals surface area contributed by atoms with Crippen LogP contribution < -0.4 is 15.5 Å². The first kappa shape index (κ1) is 22.1. The van der Waals surface area contributed by atoms with E-state index in [0.29, 0.717) is 13.1 Å². The minimum atomic E-state index is -0.0777. The van der Waals surface area contributed by atoms with Gasteiger partial charge in [0.2, 0.25) is 5.91 Å². The quantitative estimate of drug-likeness (QED) is 0.735. The molecule has 0 radical (unpaired) electrons. The van der Waals surface area contributed by atoms with Gasteiger partial charge in [-0.2, -0.15) is 0 Å². The van der Waals surface area contributed by atoms with Crippen LogP contribution in [0.1, 0.15) is 58.4 Å². The Kier molecular flexibility index (Phi) is 8.15. The van der Waals surface area contributed by atoms with Gasteiger partial charge in [0.1, 0.15) is 0 Å². The number of amides is 3. The third-order valence-corrected chi connectivity index (χ3v) is 5.30. The molecule has 0 aromatic heterocycles. The number of carbonyl (C=O) groups excluding carboxylic acids is 2. The van der Waals surface area contributed by atoms with Crippen LogP contribution in [0.2, 0.25) is 0 Å². The normalized spacial score (nSPS) is 14.6. The summed E-state index contributed by atoms with van der Waals surface area (Å²) in [6, 6.07) is 6.21. The molecular formula is C22H36N4O2. The van der Waals surface area contributed by atoms with Gasteiger partial charge in [0.05, 0.1) is 0 Å². The Labute approximate surface area is 169 Å². The molecule has 1 aliphatic carbocycles. The van der Waals surface area contributed by atoms with Crippen LogP contribution in [0.3, 0.4) is 0 Å². The fraction of sp³-hybridized carbons (Fsp3) is 0.636. The second-order valence-electron chi connectivity index (χ2n) is 8.14. The zero-order chi connectivity index (χ0) is 20.7. The summed E-state index contributed by atoms with van der Waals surface area (Å²) in [6.45, 7) is 6.86. The fourth-order valence-electron chi connectivity index (χ4n) is 3.71. The van der Waals surface area contributed by atoms with Gasteiger partial charge in [-0.05, 0) is 43.5 Å². The molecule has 0 bridgehead atoms. The van der Waals surface area contributed by atoms with Crippen LogP contribution in [0.15, 0.2) is 18.2 Å². The van der Waals surface area contributed by atoms with Crippen molar-refractivity contribution in [3.05, 3.63) is 23.8 Å². The monoisotopic (exact) mass is 388 g/mol. The van der Waals surface area contributed by atoms with Gasteiger partial charge >= 0.3 is 6.03 Å². The van der Waals surface area contributed by atoms with Crippen molar-refractivity contribution in [3.8, 4) is 0 Å². The molecule has 2 N–H and O–H groups in total. The molecule has 2 rings (SSSR count). The number of nitrogens with zero attached hydrogens (tertiary/aromatic N) is 2. The van der Waals surface area contributed by atoms with Crippen LogP contribution in [-0.4, -0.2) is 43.5 Å². The van der Waals surface area contributed by atoms with E-state index < -0.39 is 0 Å². The molecule has 3 amide bonds. The van der Waals surface area contributed by atoms with E-state index >= 15 is 0 Å². The van der Waals surface area contributed by atoms with E-state index in [1.54, 1.807) is 0 Å². The second-order valence-corrected chi connectivity index (χ2v) is 8.14. The van der Waals surface area contributed by atoms with Gasteiger partial charge in [-0.3, -0.25) is 4.79 Å². The molecule has 156 valence electrons. The van der Waals surface area contributed by atoms with Crippen LogP contribution in [-0.2, 0) is 11.3 Å². The van der Waals surface area contributed by atoms with Gasteiger partial charge in [0, 0.05) is 50.5 Å². The zero-order valence-corrected chi connectivity index (χ0v) is 18.0. The fourth-order valence-corrected chi connectivity index (χ4v) is 3.71. The highest BCUT2D eigenvalue weighted by molar-refractivity contribution is 5.92. The van der Waals surface area contributed by atoms with Crippen molar-refractivity contribution >= 4 is 23.3 Å². The van der Waals surface area contributed by atoms with E-state index in [1.807, 2.05) is 58.0 Å². The maximum absolute atomic E-state index is 12.8. The van der Waals surface area contributed by atoms with E-state index in [1.165, 1.54) is 19.3 Å². The summed E-state index contributed by atoms with van der Waals surface area (Å²) >= 11 is 0. The van der Waals surface area contributed by atoms with E-state index in [4.69, 9.17) is 0 Å². The first-order valence-electron chi connectivity index (χ1n) is 10.5. The van der Waals surface area contributed by atoms with E-state index in [2.05, 4.69) is 15.5 Å². The molecule has 1 saturated carbocycles. The van der Waals surface area contributed by atoms with Gasteiger partial charge in [0.25, 0.3) is 0 Å². The molecule has 6 nitrogen and oxygen atoms in total. The van der Waals surface area contributed by atoms with Crippen LogP contribution in [0.25, 0.3) is 0 Å². The molecule has 1 aliphatic rings. The summed E-state index contributed by atoms with van der Waals surface area (Å²) in [5.41, 5.74) is 2.88. The number of anilines is 2. The molecule has 0 unspecified atom stereocenters. The summed E-state index contributed by atoms with van der Waals surface area (Å²) in [4.78, 5) is 29.0. The summed E-state index contributed by atoms with van der Waals surface area (Å²) in [5.74, 6) is -0.0811. The van der Waals surface area contributed by atoms with E-state index in [0.717, 1.165) is 29.8 Å². The largest absolute Gasteiger partial charge is 0.377 e. The summed E-state index contributed by atoms with van der Waals surface area (Å²) < 4.78 is 0. The number of carbonyl (C=O) groups is 2. The summed E-state index contributed by atoms with van der Waals surface area (Å²) in [5, 5.41) is 5.96. The molecule has 1 aromatic carbocycles. The molecule has 0 aliphatic heterocycles. The zero-order valence-electron chi connectivity index (χ0n) is 18.0. The lowest BCUT2D eigenvalue weighted by Crippen LogP contribution is -2.46. The Balaban J connectivity index is 2.31. The third kappa shape index (κ3) is 5.88. The molecule has 0 heterocycles. The number of nitrogens with one attached hydrogen (secondary N) is 2. The Morgan fingerprint density at radius 3 is 2.39 bits per heavy atom. The molecule has 1 aromatic rings. The van der Waals surface area contributed by atoms with Crippen LogP contribution in [0.5, 0.6) is 0 Å². The summed E-state index contributed by atoms with van der Waals surface area (Å²) in [7, 11) is 4.00. The summed E-state index contributed by atoms with van der Waals surface area (Å²) in [6.07, 6.45) is 5.70. The van der Waals surface area contributed by atoms with Crippen molar-refractivity contribution in [3.63, 3.8) is 0 Å². The molecular weight excluding hydrogens is 352 g/mol. The third-order valence-electron chi connectivity index (χ3n) is 5.30. The van der Waals surface area contributed by atoms with Crippen molar-refractivity contribution in [1.82, 2.24) is 10.2 Å². The topological polar surface area (TPSA) is 64.7 Å².